The summed E-state index contributed by atoms with van der Waals surface area (Å²) in [4.78, 5) is 43.2. The lowest BCUT2D eigenvalue weighted by Gasteiger charge is -2.53. The van der Waals surface area contributed by atoms with E-state index in [2.05, 4.69) is 147 Å². The Labute approximate surface area is 531 Å². The van der Waals surface area contributed by atoms with Gasteiger partial charge in [-0.05, 0) is 86.1 Å². The first-order chi connectivity index (χ1) is 41.1. The van der Waals surface area contributed by atoms with Gasteiger partial charge in [-0.3, -0.25) is 9.59 Å². The second kappa shape index (κ2) is 29.8. The number of fused-ring (bicyclic) bond motifs is 1. The molecule has 2 aliphatic heterocycles. The molecule has 1 amide bonds. The standard InChI is InChI=1S/C71H109NO13Si3/c1-45(2)87(46(3)4,47(5)6)83-59-41-58(80-51(10)73)49(8)55-39-57(82-68(76)64(55)59)50(9)56(74)40-62-71(17,18)63(84-86(21,22)69(11,12)13)42-61(81-62)67(78-20)72-66(75)65(60(77-19)38-48(7)43-79-44-52-32-26-23-27-33-52)85-88(70(14,15)16,53-34-28-24-29-35-53)54-36-30-25-31-37-54/h23-37,41,45-48,50,56-57,60-63,65,67,74H,38-40,42-44H2,1-22H3,(H,72,75)/t48?,50-,56+,57-,60+,61-,62-,63-,65+,67-/m1/s1. The summed E-state index contributed by atoms with van der Waals surface area (Å²) in [6.07, 6.45) is -5.31. The maximum absolute atomic E-state index is 15.9. The number of benzene rings is 4. The van der Waals surface area contributed by atoms with Crippen molar-refractivity contribution in [3.8, 4) is 11.5 Å². The lowest BCUT2D eigenvalue weighted by Crippen LogP contribution is -2.70. The number of carbonyl (C=O) groups excluding carboxylic acids is 3. The molecular formula is C71H109NO13Si3. The monoisotopic (exact) mass is 1270 g/mol. The number of esters is 2. The molecule has 2 heterocycles. The predicted molar refractivity (Wildman–Crippen MR) is 358 cm³/mol. The zero-order chi connectivity index (χ0) is 65.5. The number of methoxy groups -OCH3 is 2. The fourth-order valence-electron chi connectivity index (χ4n) is 13.5. The number of aliphatic hydroxyl groups excluding tert-OH is 1. The zero-order valence-electron chi connectivity index (χ0n) is 57.3. The number of ether oxygens (including phenoxy) is 6. The van der Waals surface area contributed by atoms with Gasteiger partial charge in [-0.1, -0.05) is 202 Å². The third-order valence-electron chi connectivity index (χ3n) is 19.7. The molecule has 1 fully saturated rings. The summed E-state index contributed by atoms with van der Waals surface area (Å²) in [7, 11) is -5.31. The zero-order valence-corrected chi connectivity index (χ0v) is 60.3. The van der Waals surface area contributed by atoms with Crippen LogP contribution in [0.25, 0.3) is 0 Å². The molecule has 10 atom stereocenters. The van der Waals surface area contributed by atoms with Crippen molar-refractivity contribution in [3.63, 3.8) is 0 Å². The Morgan fingerprint density at radius 3 is 1.81 bits per heavy atom. The van der Waals surface area contributed by atoms with Gasteiger partial charge in [0.05, 0.1) is 31.0 Å². The highest BCUT2D eigenvalue weighted by Gasteiger charge is 2.56. The number of rotatable bonds is 28. The molecular weight excluding hydrogens is 1160 g/mol. The molecule has 88 heavy (non-hydrogen) atoms. The third-order valence-corrected chi connectivity index (χ3v) is 35.2. The van der Waals surface area contributed by atoms with Gasteiger partial charge >= 0.3 is 11.9 Å². The van der Waals surface area contributed by atoms with Crippen molar-refractivity contribution in [1.29, 1.82) is 0 Å². The highest BCUT2D eigenvalue weighted by molar-refractivity contribution is 6.99. The smallest absolute Gasteiger partial charge is 0.342 e. The highest BCUT2D eigenvalue weighted by Crippen LogP contribution is 2.49. The van der Waals surface area contributed by atoms with E-state index in [1.165, 1.54) is 6.92 Å². The van der Waals surface area contributed by atoms with E-state index >= 15 is 4.79 Å². The number of carbonyl (C=O) groups is 3. The summed E-state index contributed by atoms with van der Waals surface area (Å²) in [5.41, 5.74) is 2.63. The number of hydrogen-bond acceptors (Lipinski definition) is 13. The molecule has 2 N–H and O–H groups in total. The van der Waals surface area contributed by atoms with Crippen LogP contribution in [-0.2, 0) is 55.2 Å². The Morgan fingerprint density at radius 2 is 1.32 bits per heavy atom. The van der Waals surface area contributed by atoms with Gasteiger partial charge in [0, 0.05) is 64.4 Å². The number of nitrogens with one attached hydrogen (secondary N) is 1. The van der Waals surface area contributed by atoms with Crippen molar-refractivity contribution < 1.29 is 61.2 Å². The second-order valence-electron chi connectivity index (χ2n) is 29.2. The first kappa shape index (κ1) is 72.5. The number of amides is 1. The van der Waals surface area contributed by atoms with Crippen molar-refractivity contribution in [2.75, 3.05) is 20.8 Å². The molecule has 0 saturated carbocycles. The van der Waals surface area contributed by atoms with E-state index in [4.69, 9.17) is 41.7 Å². The lowest BCUT2D eigenvalue weighted by molar-refractivity contribution is -0.214. The largest absolute Gasteiger partial charge is 0.542 e. The molecule has 14 nitrogen and oxygen atoms in total. The van der Waals surface area contributed by atoms with Gasteiger partial charge < -0.3 is 52.1 Å². The molecule has 4 aromatic rings. The van der Waals surface area contributed by atoms with Gasteiger partial charge in [-0.2, -0.15) is 0 Å². The van der Waals surface area contributed by atoms with Crippen molar-refractivity contribution in [3.05, 3.63) is 119 Å². The summed E-state index contributed by atoms with van der Waals surface area (Å²) in [6, 6.07) is 32.3. The van der Waals surface area contributed by atoms with Crippen LogP contribution in [0.4, 0.5) is 0 Å². The molecule has 0 spiro atoms. The Bertz CT molecular complexity index is 2850. The van der Waals surface area contributed by atoms with Crippen molar-refractivity contribution in [1.82, 2.24) is 5.32 Å². The number of aliphatic hydroxyl groups is 1. The average molecular weight is 1270 g/mol. The molecule has 17 heteroatoms. The van der Waals surface area contributed by atoms with Crippen LogP contribution in [0.2, 0.25) is 39.8 Å². The van der Waals surface area contributed by atoms with Crippen molar-refractivity contribution in [2.24, 2.45) is 17.3 Å². The van der Waals surface area contributed by atoms with Crippen LogP contribution < -0.4 is 24.9 Å². The fraction of sp³-hybridized carbons (Fsp3) is 0.620. The Hall–Kier alpha value is -4.54. The molecule has 0 radical (unpaired) electrons. The molecule has 1 unspecified atom stereocenters. The minimum absolute atomic E-state index is 0.0387. The van der Waals surface area contributed by atoms with E-state index in [9.17, 15) is 14.7 Å². The predicted octanol–water partition coefficient (Wildman–Crippen LogP) is 13.8. The molecule has 0 aliphatic carbocycles. The normalized spacial score (nSPS) is 20.6. The fourth-order valence-corrected chi connectivity index (χ4v) is 24.8. The number of hydrogen-bond donors (Lipinski definition) is 2. The van der Waals surface area contributed by atoms with Crippen LogP contribution in [0.15, 0.2) is 97.1 Å². The molecule has 0 aromatic heterocycles. The first-order valence-corrected chi connectivity index (χ1v) is 39.1. The Balaban J connectivity index is 1.37. The minimum Gasteiger partial charge on any atom is -0.542 e. The number of cyclic esters (lactones) is 1. The van der Waals surface area contributed by atoms with E-state index in [0.717, 1.165) is 15.9 Å². The second-order valence-corrected chi connectivity index (χ2v) is 43.6. The van der Waals surface area contributed by atoms with Gasteiger partial charge in [0.2, 0.25) is 0 Å². The Kier molecular flexibility index (Phi) is 24.6. The van der Waals surface area contributed by atoms with E-state index in [0.29, 0.717) is 54.2 Å². The molecule has 488 valence electrons. The van der Waals surface area contributed by atoms with Crippen LogP contribution in [-0.4, -0.2) is 118 Å². The van der Waals surface area contributed by atoms with Gasteiger partial charge in [0.25, 0.3) is 22.5 Å². The Morgan fingerprint density at radius 1 is 0.773 bits per heavy atom. The van der Waals surface area contributed by atoms with Gasteiger partial charge in [0.1, 0.15) is 29.3 Å². The van der Waals surface area contributed by atoms with Crippen LogP contribution in [0.1, 0.15) is 164 Å². The maximum atomic E-state index is 15.9. The summed E-state index contributed by atoms with van der Waals surface area (Å²) >= 11 is 0. The van der Waals surface area contributed by atoms with Gasteiger partial charge in [-0.25, -0.2) is 4.79 Å². The molecule has 6 rings (SSSR count). The minimum atomic E-state index is -3.41. The van der Waals surface area contributed by atoms with Gasteiger partial charge in [0.15, 0.2) is 20.6 Å². The van der Waals surface area contributed by atoms with Crippen LogP contribution in [0.3, 0.4) is 0 Å². The van der Waals surface area contributed by atoms with Crippen LogP contribution >= 0.6 is 0 Å². The van der Waals surface area contributed by atoms with Crippen molar-refractivity contribution >= 4 is 53.2 Å². The van der Waals surface area contributed by atoms with E-state index < -0.39 is 108 Å². The maximum Gasteiger partial charge on any atom is 0.342 e. The average Bonchev–Trinajstić information content (AvgIpc) is 1.56. The molecule has 1 saturated heterocycles. The van der Waals surface area contributed by atoms with Crippen LogP contribution in [0.5, 0.6) is 11.5 Å². The summed E-state index contributed by atoms with van der Waals surface area (Å²) in [6.45, 7) is 43.1. The molecule has 2 aliphatic rings. The van der Waals surface area contributed by atoms with Crippen LogP contribution in [0, 0.1) is 24.2 Å². The third kappa shape index (κ3) is 16.2. The van der Waals surface area contributed by atoms with Gasteiger partial charge in [-0.15, -0.1) is 0 Å². The SMILES string of the molecule is CO[C@@H](CC(C)COCc1ccccc1)[C@H](O[Si](c1ccccc1)(c1ccccc1)C(C)(C)C)C(=O)N[C@H](OC)[C@H]1C[C@@H](O[Si](C)(C)C(C)(C)C)C(C)(C)[C@@H](C[C@H](O)[C@@H](C)[C@H]2Cc3c(C)c(OC(C)=O)cc(O[Si](C(C)C)(C(C)C)C(C)C)c3C(=O)O2)O1. The van der Waals surface area contributed by atoms with Crippen molar-refractivity contribution in [2.45, 2.75) is 246 Å². The topological polar surface area (TPSA) is 167 Å². The summed E-state index contributed by atoms with van der Waals surface area (Å²) < 4.78 is 61.0. The van der Waals surface area contributed by atoms with E-state index in [1.54, 1.807) is 20.3 Å². The first-order valence-electron chi connectivity index (χ1n) is 32.1. The molecule has 0 bridgehead atoms. The highest BCUT2D eigenvalue weighted by atomic mass is 28.4. The lowest BCUT2D eigenvalue weighted by atomic mass is 9.73. The van der Waals surface area contributed by atoms with E-state index in [1.807, 2.05) is 80.6 Å². The summed E-state index contributed by atoms with van der Waals surface area (Å²) in [5.74, 6) is -1.39. The van der Waals surface area contributed by atoms with E-state index in [-0.39, 0.29) is 40.4 Å². The summed E-state index contributed by atoms with van der Waals surface area (Å²) in [5, 5.41) is 17.4. The quantitative estimate of drug-likeness (QED) is 0.0239. The molecule has 4 aromatic carbocycles.